The van der Waals surface area contributed by atoms with Gasteiger partial charge in [-0.1, -0.05) is 48.6 Å². The number of aromatic nitrogens is 1. The minimum atomic E-state index is 0.0725. The minimum Gasteiger partial charge on any atom is -0.337 e. The molecule has 3 rings (SSSR count). The van der Waals surface area contributed by atoms with E-state index in [1.165, 1.54) is 5.56 Å². The van der Waals surface area contributed by atoms with Crippen molar-refractivity contribution >= 4 is 18.1 Å². The van der Waals surface area contributed by atoms with Crippen LogP contribution >= 0.6 is 0 Å². The van der Waals surface area contributed by atoms with E-state index >= 15 is 0 Å². The summed E-state index contributed by atoms with van der Waals surface area (Å²) in [5.41, 5.74) is 2.16. The third-order valence-electron chi connectivity index (χ3n) is 4.26. The number of piperazine rings is 1. The van der Waals surface area contributed by atoms with Crippen molar-refractivity contribution in [2.45, 2.75) is 0 Å². The Bertz CT molecular complexity index is 717. The molecule has 0 N–H and O–H groups in total. The maximum Gasteiger partial charge on any atom is 0.246 e. The highest BCUT2D eigenvalue weighted by atomic mass is 16.2. The Labute approximate surface area is 149 Å². The van der Waals surface area contributed by atoms with Crippen LogP contribution in [0.3, 0.4) is 0 Å². The van der Waals surface area contributed by atoms with Crippen molar-refractivity contribution in [1.29, 1.82) is 0 Å². The summed E-state index contributed by atoms with van der Waals surface area (Å²) < 4.78 is 0. The number of benzene rings is 1. The van der Waals surface area contributed by atoms with Crippen molar-refractivity contribution in [2.75, 3.05) is 32.7 Å². The lowest BCUT2D eigenvalue weighted by molar-refractivity contribution is -0.127. The maximum atomic E-state index is 12.3. The summed E-state index contributed by atoms with van der Waals surface area (Å²) in [6, 6.07) is 14.1. The summed E-state index contributed by atoms with van der Waals surface area (Å²) in [6.45, 7) is 4.28. The van der Waals surface area contributed by atoms with Gasteiger partial charge in [-0.3, -0.25) is 14.7 Å². The lowest BCUT2D eigenvalue weighted by atomic mass is 10.2. The highest BCUT2D eigenvalue weighted by molar-refractivity contribution is 5.91. The second kappa shape index (κ2) is 8.94. The smallest absolute Gasteiger partial charge is 0.246 e. The molecule has 1 fully saturated rings. The molecular weight excluding hydrogens is 310 g/mol. The Morgan fingerprint density at radius 1 is 0.960 bits per heavy atom. The van der Waals surface area contributed by atoms with Crippen molar-refractivity contribution < 1.29 is 4.79 Å². The second-order valence-electron chi connectivity index (χ2n) is 6.06. The van der Waals surface area contributed by atoms with Crippen molar-refractivity contribution in [2.24, 2.45) is 0 Å². The highest BCUT2D eigenvalue weighted by Crippen LogP contribution is 2.06. The first kappa shape index (κ1) is 17.1. The number of hydrogen-bond donors (Lipinski definition) is 0. The molecule has 2 heterocycles. The Balaban J connectivity index is 1.43. The van der Waals surface area contributed by atoms with Crippen molar-refractivity contribution in [3.8, 4) is 0 Å². The summed E-state index contributed by atoms with van der Waals surface area (Å²) >= 11 is 0. The van der Waals surface area contributed by atoms with E-state index < -0.39 is 0 Å². The summed E-state index contributed by atoms with van der Waals surface area (Å²) in [6.07, 6.45) is 11.3. The molecular formula is C21H23N3O. The topological polar surface area (TPSA) is 36.4 Å². The first-order valence-electron chi connectivity index (χ1n) is 8.62. The number of nitrogens with zero attached hydrogens (tertiary/aromatic N) is 3. The molecule has 128 valence electrons. The fourth-order valence-electron chi connectivity index (χ4n) is 2.80. The third kappa shape index (κ3) is 5.40. The van der Waals surface area contributed by atoms with Crippen LogP contribution in [0.25, 0.3) is 12.2 Å². The van der Waals surface area contributed by atoms with Gasteiger partial charge in [-0.2, -0.15) is 0 Å². The van der Waals surface area contributed by atoms with Crippen LogP contribution < -0.4 is 0 Å². The maximum absolute atomic E-state index is 12.3. The fourth-order valence-corrected chi connectivity index (χ4v) is 2.80. The second-order valence-corrected chi connectivity index (χ2v) is 6.06. The van der Waals surface area contributed by atoms with E-state index in [9.17, 15) is 4.79 Å². The fraction of sp³-hybridized carbons (Fsp3) is 0.238. The van der Waals surface area contributed by atoms with Crippen LogP contribution in [0.2, 0.25) is 0 Å². The molecule has 1 aliphatic rings. The van der Waals surface area contributed by atoms with Gasteiger partial charge in [-0.15, -0.1) is 0 Å². The van der Waals surface area contributed by atoms with E-state index in [0.717, 1.165) is 38.3 Å². The summed E-state index contributed by atoms with van der Waals surface area (Å²) in [7, 11) is 0. The van der Waals surface area contributed by atoms with Crippen molar-refractivity contribution in [1.82, 2.24) is 14.8 Å². The van der Waals surface area contributed by atoms with Crippen LogP contribution in [0.4, 0.5) is 0 Å². The van der Waals surface area contributed by atoms with Gasteiger partial charge in [0.25, 0.3) is 0 Å². The number of pyridine rings is 1. The van der Waals surface area contributed by atoms with E-state index in [4.69, 9.17) is 0 Å². The summed E-state index contributed by atoms with van der Waals surface area (Å²) in [5, 5.41) is 0. The van der Waals surface area contributed by atoms with Crippen LogP contribution in [-0.4, -0.2) is 53.4 Å². The quantitative estimate of drug-likeness (QED) is 0.790. The molecule has 2 aromatic rings. The van der Waals surface area contributed by atoms with Crippen LogP contribution in [0.1, 0.15) is 11.1 Å². The lowest BCUT2D eigenvalue weighted by Crippen LogP contribution is -2.48. The largest absolute Gasteiger partial charge is 0.337 e. The van der Waals surface area contributed by atoms with Gasteiger partial charge in [-0.25, -0.2) is 0 Å². The molecule has 0 atom stereocenters. The predicted octanol–water partition coefficient (Wildman–Crippen LogP) is 2.95. The Hall–Kier alpha value is -2.72. The average molecular weight is 333 g/mol. The lowest BCUT2D eigenvalue weighted by Gasteiger charge is -2.33. The zero-order valence-corrected chi connectivity index (χ0v) is 14.3. The van der Waals surface area contributed by atoms with E-state index in [1.54, 1.807) is 18.5 Å². The Kier molecular flexibility index (Phi) is 6.12. The molecule has 0 unspecified atom stereocenters. The van der Waals surface area contributed by atoms with Gasteiger partial charge in [0.2, 0.25) is 5.91 Å². The number of carbonyl (C=O) groups excluding carboxylic acids is 1. The first-order chi connectivity index (χ1) is 12.3. The van der Waals surface area contributed by atoms with E-state index in [2.05, 4.69) is 34.2 Å². The van der Waals surface area contributed by atoms with Gasteiger partial charge in [0.1, 0.15) is 0 Å². The highest BCUT2D eigenvalue weighted by Gasteiger charge is 2.18. The predicted molar refractivity (Wildman–Crippen MR) is 102 cm³/mol. The SMILES string of the molecule is O=C(/C=C/c1cccnc1)N1CCN(C/C=C/c2ccccc2)CC1. The molecule has 0 aliphatic carbocycles. The van der Waals surface area contributed by atoms with Gasteiger partial charge in [0, 0.05) is 51.2 Å². The van der Waals surface area contributed by atoms with Gasteiger partial charge in [-0.05, 0) is 23.3 Å². The van der Waals surface area contributed by atoms with Crippen molar-refractivity contribution in [3.05, 3.63) is 78.1 Å². The molecule has 1 aromatic carbocycles. The van der Waals surface area contributed by atoms with Gasteiger partial charge in [0.15, 0.2) is 0 Å². The standard InChI is InChI=1S/C21H23N3O/c25-21(11-10-20-8-4-12-22-18-20)24-16-14-23(15-17-24)13-5-9-19-6-2-1-3-7-19/h1-12,18H,13-17H2/b9-5+,11-10+. The van der Waals surface area contributed by atoms with E-state index in [-0.39, 0.29) is 5.91 Å². The zero-order valence-electron chi connectivity index (χ0n) is 14.3. The monoisotopic (exact) mass is 333 g/mol. The third-order valence-corrected chi connectivity index (χ3v) is 4.26. The van der Waals surface area contributed by atoms with Crippen molar-refractivity contribution in [3.63, 3.8) is 0 Å². The number of amides is 1. The van der Waals surface area contributed by atoms with Crippen LogP contribution in [0.5, 0.6) is 0 Å². The van der Waals surface area contributed by atoms with Crippen LogP contribution in [0, 0.1) is 0 Å². The molecule has 1 aromatic heterocycles. The molecule has 1 saturated heterocycles. The molecule has 4 nitrogen and oxygen atoms in total. The van der Waals surface area contributed by atoms with E-state index in [1.807, 2.05) is 41.3 Å². The zero-order chi connectivity index (χ0) is 17.3. The van der Waals surface area contributed by atoms with Gasteiger partial charge >= 0.3 is 0 Å². The van der Waals surface area contributed by atoms with Crippen LogP contribution in [-0.2, 0) is 4.79 Å². The molecule has 25 heavy (non-hydrogen) atoms. The molecule has 0 saturated carbocycles. The molecule has 0 spiro atoms. The van der Waals surface area contributed by atoms with E-state index in [0.29, 0.717) is 0 Å². The number of rotatable bonds is 5. The summed E-state index contributed by atoms with van der Waals surface area (Å²) in [4.78, 5) is 20.6. The Morgan fingerprint density at radius 2 is 1.72 bits per heavy atom. The molecule has 0 radical (unpaired) electrons. The van der Waals surface area contributed by atoms with Gasteiger partial charge in [0.05, 0.1) is 0 Å². The molecule has 1 aliphatic heterocycles. The Morgan fingerprint density at radius 3 is 2.44 bits per heavy atom. The minimum absolute atomic E-state index is 0.0725. The molecule has 0 bridgehead atoms. The first-order valence-corrected chi connectivity index (χ1v) is 8.62. The molecule has 1 amide bonds. The average Bonchev–Trinajstić information content (AvgIpc) is 2.68. The summed E-state index contributed by atoms with van der Waals surface area (Å²) in [5.74, 6) is 0.0725. The molecule has 4 heteroatoms. The number of hydrogen-bond acceptors (Lipinski definition) is 3. The number of carbonyl (C=O) groups is 1. The van der Waals surface area contributed by atoms with Crippen LogP contribution in [0.15, 0.2) is 67.0 Å². The van der Waals surface area contributed by atoms with Gasteiger partial charge < -0.3 is 4.90 Å². The normalized spacial score (nSPS) is 15.9.